The third-order valence-electron chi connectivity index (χ3n) is 3.63. The first-order chi connectivity index (χ1) is 13.0. The standard InChI is InChI=1S/C25H29NO/c1-22(15-16-24-17-19-25(20-18-24)26(3)4)13-11-9-7-5-6-8-10-12-14-23(2)21-27/h5-21H,1-4H3/b7-5+,8-6+,11-9+,12-10+,16-15+,22-13+,23-14-. The molecule has 140 valence electrons. The summed E-state index contributed by atoms with van der Waals surface area (Å²) in [6.45, 7) is 3.86. The van der Waals surface area contributed by atoms with Crippen LogP contribution >= 0.6 is 0 Å². The third-order valence-corrected chi connectivity index (χ3v) is 3.63. The molecule has 1 aromatic carbocycles. The number of anilines is 1. The fourth-order valence-electron chi connectivity index (χ4n) is 2.01. The number of hydrogen-bond acceptors (Lipinski definition) is 2. The van der Waals surface area contributed by atoms with Crippen LogP contribution in [0.2, 0.25) is 0 Å². The summed E-state index contributed by atoms with van der Waals surface area (Å²) in [5.74, 6) is 0. The van der Waals surface area contributed by atoms with Gasteiger partial charge in [-0.2, -0.15) is 0 Å². The molecule has 0 aliphatic heterocycles. The Labute approximate surface area is 163 Å². The second-order valence-corrected chi connectivity index (χ2v) is 6.30. The lowest BCUT2D eigenvalue weighted by atomic mass is 10.1. The highest BCUT2D eigenvalue weighted by atomic mass is 16.1. The van der Waals surface area contributed by atoms with Crippen molar-refractivity contribution < 1.29 is 4.79 Å². The smallest absolute Gasteiger partial charge is 0.145 e. The molecule has 1 rings (SSSR count). The third kappa shape index (κ3) is 10.5. The molecule has 0 bridgehead atoms. The maximum atomic E-state index is 10.4. The Morgan fingerprint density at radius 2 is 1.22 bits per heavy atom. The molecule has 27 heavy (non-hydrogen) atoms. The summed E-state index contributed by atoms with van der Waals surface area (Å²) in [5.41, 5.74) is 4.28. The first-order valence-corrected chi connectivity index (χ1v) is 8.95. The Morgan fingerprint density at radius 1 is 0.741 bits per heavy atom. The van der Waals surface area contributed by atoms with Crippen molar-refractivity contribution in [2.24, 2.45) is 0 Å². The van der Waals surface area contributed by atoms with Crippen LogP contribution in [0.4, 0.5) is 5.69 Å². The van der Waals surface area contributed by atoms with Gasteiger partial charge in [-0.05, 0) is 37.1 Å². The predicted octanol–water partition coefficient (Wildman–Crippen LogP) is 6.08. The minimum atomic E-state index is 0.708. The normalized spacial score (nSPS) is 13.8. The Kier molecular flexibility index (Phi) is 10.7. The van der Waals surface area contributed by atoms with Crippen molar-refractivity contribution in [3.05, 3.63) is 108 Å². The summed E-state index contributed by atoms with van der Waals surface area (Å²) >= 11 is 0. The van der Waals surface area contributed by atoms with Gasteiger partial charge in [0.25, 0.3) is 0 Å². The van der Waals surface area contributed by atoms with E-state index < -0.39 is 0 Å². The number of nitrogens with zero attached hydrogens (tertiary/aromatic N) is 1. The SMILES string of the molecule is C/C(C=O)=C/C=C/C=C/C=C/C=C/C=C(C)/C=C/c1ccc(N(C)C)cc1. The lowest BCUT2D eigenvalue weighted by Crippen LogP contribution is -2.07. The van der Waals surface area contributed by atoms with Gasteiger partial charge in [0, 0.05) is 19.8 Å². The highest BCUT2D eigenvalue weighted by molar-refractivity contribution is 5.72. The molecular weight excluding hydrogens is 330 g/mol. The topological polar surface area (TPSA) is 20.3 Å². The second-order valence-electron chi connectivity index (χ2n) is 6.30. The number of allylic oxidation sites excluding steroid dienone is 13. The summed E-state index contributed by atoms with van der Waals surface area (Å²) in [7, 11) is 4.08. The molecule has 1 aromatic rings. The van der Waals surface area contributed by atoms with Gasteiger partial charge in [0.05, 0.1) is 0 Å². The van der Waals surface area contributed by atoms with Crippen LogP contribution in [0, 0.1) is 0 Å². The lowest BCUT2D eigenvalue weighted by Gasteiger charge is -2.11. The van der Waals surface area contributed by atoms with Gasteiger partial charge < -0.3 is 4.90 Å². The van der Waals surface area contributed by atoms with Gasteiger partial charge in [0.2, 0.25) is 0 Å². The van der Waals surface area contributed by atoms with Gasteiger partial charge in [0.15, 0.2) is 0 Å². The highest BCUT2D eigenvalue weighted by Crippen LogP contribution is 2.13. The molecule has 0 unspecified atom stereocenters. The van der Waals surface area contributed by atoms with Crippen LogP contribution < -0.4 is 4.90 Å². The summed E-state index contributed by atoms with van der Waals surface area (Å²) in [4.78, 5) is 12.5. The molecule has 0 aliphatic carbocycles. The van der Waals surface area contributed by atoms with E-state index in [0.29, 0.717) is 5.57 Å². The molecule has 2 nitrogen and oxygen atoms in total. The van der Waals surface area contributed by atoms with Crippen molar-refractivity contribution in [3.8, 4) is 0 Å². The second kappa shape index (κ2) is 13.1. The summed E-state index contributed by atoms with van der Waals surface area (Å²) in [5, 5.41) is 0. The van der Waals surface area contributed by atoms with E-state index in [2.05, 4.69) is 54.3 Å². The minimum Gasteiger partial charge on any atom is -0.378 e. The zero-order valence-electron chi connectivity index (χ0n) is 16.7. The van der Waals surface area contributed by atoms with Gasteiger partial charge in [-0.15, -0.1) is 0 Å². The molecule has 0 fully saturated rings. The lowest BCUT2D eigenvalue weighted by molar-refractivity contribution is -0.104. The molecule has 0 amide bonds. The van der Waals surface area contributed by atoms with Gasteiger partial charge in [0.1, 0.15) is 6.29 Å². The van der Waals surface area contributed by atoms with Crippen molar-refractivity contribution >= 4 is 18.0 Å². The maximum absolute atomic E-state index is 10.4. The van der Waals surface area contributed by atoms with Gasteiger partial charge >= 0.3 is 0 Å². The van der Waals surface area contributed by atoms with Crippen molar-refractivity contribution in [2.75, 3.05) is 19.0 Å². The Balaban J connectivity index is 2.45. The predicted molar refractivity (Wildman–Crippen MR) is 120 cm³/mol. The van der Waals surface area contributed by atoms with Crippen LogP contribution in [0.25, 0.3) is 6.08 Å². The maximum Gasteiger partial charge on any atom is 0.145 e. The Bertz CT molecular complexity index is 782. The first kappa shape index (κ1) is 21.9. The van der Waals surface area contributed by atoms with Crippen LogP contribution in [0.1, 0.15) is 19.4 Å². The number of hydrogen-bond donors (Lipinski definition) is 0. The van der Waals surface area contributed by atoms with Gasteiger partial charge in [-0.3, -0.25) is 4.79 Å². The summed E-state index contributed by atoms with van der Waals surface area (Å²) in [6, 6.07) is 8.47. The molecule has 0 saturated carbocycles. The van der Waals surface area contributed by atoms with E-state index in [1.807, 2.05) is 62.7 Å². The van der Waals surface area contributed by atoms with Crippen molar-refractivity contribution in [1.82, 2.24) is 0 Å². The van der Waals surface area contributed by atoms with E-state index in [9.17, 15) is 4.79 Å². The molecule has 0 N–H and O–H groups in total. The van der Waals surface area contributed by atoms with Crippen LogP contribution in [0.15, 0.2) is 102 Å². The number of carbonyl (C=O) groups excluding carboxylic acids is 1. The first-order valence-electron chi connectivity index (χ1n) is 8.95. The monoisotopic (exact) mass is 359 g/mol. The average molecular weight is 360 g/mol. The highest BCUT2D eigenvalue weighted by Gasteiger charge is 1.93. The fraction of sp³-hybridized carbons (Fsp3) is 0.160. The number of carbonyl (C=O) groups is 1. The number of aldehydes is 1. The van der Waals surface area contributed by atoms with Crippen LogP contribution in [0.3, 0.4) is 0 Å². The van der Waals surface area contributed by atoms with E-state index in [0.717, 1.165) is 6.29 Å². The van der Waals surface area contributed by atoms with Crippen molar-refractivity contribution in [2.45, 2.75) is 13.8 Å². The Hall–Kier alpha value is -3.13. The molecule has 0 heterocycles. The van der Waals surface area contributed by atoms with Gasteiger partial charge in [-0.1, -0.05) is 90.6 Å². The zero-order valence-corrected chi connectivity index (χ0v) is 16.7. The van der Waals surface area contributed by atoms with E-state index >= 15 is 0 Å². The van der Waals surface area contributed by atoms with E-state index in [-0.39, 0.29) is 0 Å². The van der Waals surface area contributed by atoms with E-state index in [1.54, 1.807) is 13.0 Å². The quantitative estimate of drug-likeness (QED) is 0.302. The fourth-order valence-corrected chi connectivity index (χ4v) is 2.01. The largest absolute Gasteiger partial charge is 0.378 e. The Morgan fingerprint density at radius 3 is 1.70 bits per heavy atom. The van der Waals surface area contributed by atoms with Crippen molar-refractivity contribution in [1.29, 1.82) is 0 Å². The summed E-state index contributed by atoms with van der Waals surface area (Å²) in [6.07, 6.45) is 24.5. The zero-order chi connectivity index (χ0) is 19.9. The average Bonchev–Trinajstić information content (AvgIpc) is 2.67. The van der Waals surface area contributed by atoms with Crippen molar-refractivity contribution in [3.63, 3.8) is 0 Å². The minimum absolute atomic E-state index is 0.708. The molecule has 0 saturated heterocycles. The molecule has 0 aromatic heterocycles. The van der Waals surface area contributed by atoms with Gasteiger partial charge in [-0.25, -0.2) is 0 Å². The van der Waals surface area contributed by atoms with E-state index in [4.69, 9.17) is 0 Å². The molecule has 0 spiro atoms. The molecular formula is C25H29NO. The number of benzene rings is 1. The van der Waals surface area contributed by atoms with E-state index in [1.165, 1.54) is 16.8 Å². The number of rotatable bonds is 9. The molecule has 0 aliphatic rings. The van der Waals surface area contributed by atoms with Crippen LogP contribution in [-0.2, 0) is 4.79 Å². The molecule has 0 atom stereocenters. The molecule has 2 heteroatoms. The van der Waals surface area contributed by atoms with Crippen LogP contribution in [0.5, 0.6) is 0 Å². The molecule has 0 radical (unpaired) electrons. The van der Waals surface area contributed by atoms with Crippen LogP contribution in [-0.4, -0.2) is 20.4 Å². The summed E-state index contributed by atoms with van der Waals surface area (Å²) < 4.78 is 0.